The van der Waals surface area contributed by atoms with Crippen molar-refractivity contribution >= 4 is 51.7 Å². The standard InChI is InChI=1S/C36H39ClFNO5S2/c1-33-15-14-25(40)16-23(33)8-13-27-28-17-30-36(32(42)46-20-37,34(28,2)18-29(41)35(27,33)38)44-31(43-30)22-6-4-21(5-7-22)19-45-26-11-9-24(39-3)10-12-26/h4-7,9-12,14-16,27-31,39,41H,8,13,17-20H2,1-3H3/t27-,28-,29-,30+,31+,33-,34-,35-,36-/m0/s1. The fourth-order valence-corrected chi connectivity index (χ4v) is 11.1. The normalized spacial score (nSPS) is 39.2. The first-order valence-corrected chi connectivity index (χ1v) is 18.4. The first-order valence-electron chi connectivity index (χ1n) is 15.9. The second-order valence-electron chi connectivity index (χ2n) is 13.7. The van der Waals surface area contributed by atoms with Crippen LogP contribution in [0.5, 0.6) is 0 Å². The summed E-state index contributed by atoms with van der Waals surface area (Å²) in [4.78, 5) is 27.5. The third kappa shape index (κ3) is 4.63. The van der Waals surface area contributed by atoms with Crippen LogP contribution in [0.1, 0.15) is 56.9 Å². The van der Waals surface area contributed by atoms with Crippen LogP contribution in [0.25, 0.3) is 0 Å². The summed E-state index contributed by atoms with van der Waals surface area (Å²) in [7, 11) is 1.90. The zero-order valence-electron chi connectivity index (χ0n) is 26.1. The molecule has 2 N–H and O–H groups in total. The van der Waals surface area contributed by atoms with E-state index in [1.807, 2.05) is 26.1 Å². The number of carbonyl (C=O) groups excluding carboxylic acids is 2. The molecular formula is C36H39ClFNO5S2. The van der Waals surface area contributed by atoms with Gasteiger partial charge in [-0.2, -0.15) is 0 Å². The summed E-state index contributed by atoms with van der Waals surface area (Å²) in [6.45, 7) is 3.76. The summed E-state index contributed by atoms with van der Waals surface area (Å²) in [6, 6.07) is 16.4. The van der Waals surface area contributed by atoms with Gasteiger partial charge in [-0.25, -0.2) is 4.39 Å². The number of ketones is 1. The van der Waals surface area contributed by atoms with Crippen LogP contribution in [-0.2, 0) is 24.8 Å². The zero-order chi connectivity index (χ0) is 32.5. The Hall–Kier alpha value is -2.14. The topological polar surface area (TPSA) is 84.9 Å². The summed E-state index contributed by atoms with van der Waals surface area (Å²) in [5, 5.41) is 14.7. The third-order valence-electron chi connectivity index (χ3n) is 11.7. The number of rotatable bonds is 7. The zero-order valence-corrected chi connectivity index (χ0v) is 28.5. The maximum Gasteiger partial charge on any atom is 0.225 e. The van der Waals surface area contributed by atoms with E-state index in [2.05, 4.69) is 41.7 Å². The van der Waals surface area contributed by atoms with Gasteiger partial charge in [0.2, 0.25) is 5.12 Å². The molecule has 1 heterocycles. The highest BCUT2D eigenvalue weighted by Crippen LogP contribution is 2.72. The lowest BCUT2D eigenvalue weighted by Crippen LogP contribution is -2.69. The van der Waals surface area contributed by atoms with Gasteiger partial charge in [-0.1, -0.05) is 54.6 Å². The Labute approximate surface area is 282 Å². The predicted octanol–water partition coefficient (Wildman–Crippen LogP) is 7.61. The molecule has 2 aromatic rings. The van der Waals surface area contributed by atoms with E-state index in [0.29, 0.717) is 19.3 Å². The van der Waals surface area contributed by atoms with Crippen LogP contribution >= 0.6 is 35.1 Å². The van der Waals surface area contributed by atoms with Crippen molar-refractivity contribution in [2.45, 2.75) is 79.9 Å². The molecule has 4 fully saturated rings. The number of hydrogen-bond acceptors (Lipinski definition) is 8. The molecule has 4 aliphatic carbocycles. The molecule has 0 radical (unpaired) electrons. The first-order chi connectivity index (χ1) is 22.0. The molecule has 0 spiro atoms. The van der Waals surface area contributed by atoms with Gasteiger partial charge < -0.3 is 19.9 Å². The van der Waals surface area contributed by atoms with E-state index in [4.69, 9.17) is 21.1 Å². The number of hydrogen-bond donors (Lipinski definition) is 2. The Kier molecular flexibility index (Phi) is 8.30. The fraction of sp³-hybridized carbons (Fsp3) is 0.500. The highest BCUT2D eigenvalue weighted by atomic mass is 35.5. The minimum Gasteiger partial charge on any atom is -0.390 e. The Morgan fingerprint density at radius 2 is 1.87 bits per heavy atom. The van der Waals surface area contributed by atoms with Gasteiger partial charge in [0.25, 0.3) is 0 Å². The van der Waals surface area contributed by atoms with Crippen LogP contribution in [0.4, 0.5) is 10.1 Å². The molecule has 0 amide bonds. The van der Waals surface area contributed by atoms with Gasteiger partial charge in [0.1, 0.15) is 0 Å². The number of fused-ring (bicyclic) bond motifs is 7. The van der Waals surface area contributed by atoms with Crippen molar-refractivity contribution < 1.29 is 28.6 Å². The molecular weight excluding hydrogens is 645 g/mol. The average molecular weight is 684 g/mol. The first kappa shape index (κ1) is 32.4. The van der Waals surface area contributed by atoms with E-state index in [1.165, 1.54) is 17.0 Å². The van der Waals surface area contributed by atoms with Crippen molar-refractivity contribution in [3.05, 3.63) is 83.5 Å². The van der Waals surface area contributed by atoms with Crippen LogP contribution < -0.4 is 5.32 Å². The lowest BCUT2D eigenvalue weighted by atomic mass is 9.45. The second kappa shape index (κ2) is 11.8. The van der Waals surface area contributed by atoms with Crippen molar-refractivity contribution in [3.8, 4) is 0 Å². The summed E-state index contributed by atoms with van der Waals surface area (Å²) in [6.07, 6.45) is 3.32. The van der Waals surface area contributed by atoms with Crippen molar-refractivity contribution in [1.82, 2.24) is 0 Å². The van der Waals surface area contributed by atoms with Crippen molar-refractivity contribution in [2.75, 3.05) is 17.6 Å². The highest BCUT2D eigenvalue weighted by Gasteiger charge is 2.79. The van der Waals surface area contributed by atoms with E-state index < -0.39 is 46.5 Å². The number of ether oxygens (including phenoxy) is 2. The van der Waals surface area contributed by atoms with Gasteiger partial charge >= 0.3 is 0 Å². The summed E-state index contributed by atoms with van der Waals surface area (Å²) >= 11 is 8.84. The van der Waals surface area contributed by atoms with E-state index in [-0.39, 0.29) is 28.4 Å². The quantitative estimate of drug-likeness (QED) is 0.228. The second-order valence-corrected chi connectivity index (χ2v) is 16.2. The Morgan fingerprint density at radius 1 is 1.13 bits per heavy atom. The van der Waals surface area contributed by atoms with Gasteiger partial charge in [-0.15, -0.1) is 23.4 Å². The minimum atomic E-state index is -2.00. The number of aliphatic hydroxyl groups is 1. The van der Waals surface area contributed by atoms with E-state index in [0.717, 1.165) is 39.9 Å². The lowest BCUT2D eigenvalue weighted by molar-refractivity contribution is -0.228. The fourth-order valence-electron chi connectivity index (χ4n) is 9.27. The Bertz CT molecular complexity index is 1600. The largest absolute Gasteiger partial charge is 0.390 e. The number of allylic oxidation sites excluding steroid dienone is 4. The number of nitrogens with one attached hydrogen (secondary N) is 1. The number of anilines is 1. The van der Waals surface area contributed by atoms with Crippen LogP contribution in [0.2, 0.25) is 0 Å². The number of thioether (sulfide) groups is 2. The van der Waals surface area contributed by atoms with Crippen LogP contribution in [0.3, 0.4) is 0 Å². The maximum atomic E-state index is 17.7. The molecule has 3 saturated carbocycles. The molecule has 9 atom stereocenters. The third-order valence-corrected chi connectivity index (χ3v) is 13.8. The van der Waals surface area contributed by atoms with Gasteiger partial charge in [0.05, 0.1) is 17.4 Å². The van der Waals surface area contributed by atoms with Gasteiger partial charge in [-0.05, 0) is 80.5 Å². The maximum absolute atomic E-state index is 17.7. The molecule has 10 heteroatoms. The predicted molar refractivity (Wildman–Crippen MR) is 180 cm³/mol. The van der Waals surface area contributed by atoms with Crippen LogP contribution in [-0.4, -0.2) is 51.7 Å². The SMILES string of the molecule is CNc1ccc(SCc2ccc([C@@H]3O[C@@H]4C[C@H]5[C@@H]6CCC7=CC(=O)C=C[C@]7(C)[C@@]6(F)[C@@H](O)C[C@]5(C)[C@]4(C(=O)SCCl)O3)cc2)cc1. The van der Waals surface area contributed by atoms with Crippen LogP contribution in [0, 0.1) is 22.7 Å². The molecule has 0 bridgehead atoms. The van der Waals surface area contributed by atoms with Crippen molar-refractivity contribution in [2.24, 2.45) is 22.7 Å². The number of carbonyl (C=O) groups is 2. The smallest absolute Gasteiger partial charge is 0.225 e. The summed E-state index contributed by atoms with van der Waals surface area (Å²) in [5.41, 5.74) is -1.65. The summed E-state index contributed by atoms with van der Waals surface area (Å²) < 4.78 is 31.0. The van der Waals surface area contributed by atoms with E-state index in [9.17, 15) is 14.7 Å². The number of benzene rings is 2. The van der Waals surface area contributed by atoms with Crippen LogP contribution in [0.15, 0.2) is 77.2 Å². The Balaban J connectivity index is 1.15. The molecule has 46 heavy (non-hydrogen) atoms. The molecule has 244 valence electrons. The van der Waals surface area contributed by atoms with Gasteiger partial charge in [0.15, 0.2) is 23.3 Å². The van der Waals surface area contributed by atoms with Gasteiger partial charge in [0, 0.05) is 45.7 Å². The number of halogens is 2. The molecule has 2 aromatic carbocycles. The number of aliphatic hydroxyl groups excluding tert-OH is 1. The molecule has 0 aromatic heterocycles. The van der Waals surface area contributed by atoms with E-state index >= 15 is 4.39 Å². The highest BCUT2D eigenvalue weighted by molar-refractivity contribution is 8.14. The van der Waals surface area contributed by atoms with E-state index in [1.54, 1.807) is 24.8 Å². The van der Waals surface area contributed by atoms with Gasteiger partial charge in [-0.3, -0.25) is 9.59 Å². The molecule has 5 aliphatic rings. The average Bonchev–Trinajstić information content (AvgIpc) is 3.55. The molecule has 6 nitrogen and oxygen atoms in total. The van der Waals surface area contributed by atoms with Crippen molar-refractivity contribution in [1.29, 1.82) is 0 Å². The molecule has 7 rings (SSSR count). The minimum absolute atomic E-state index is 0.0297. The molecule has 1 saturated heterocycles. The van der Waals surface area contributed by atoms with Crippen molar-refractivity contribution in [3.63, 3.8) is 0 Å². The number of alkyl halides is 2. The molecule has 1 aliphatic heterocycles. The lowest BCUT2D eigenvalue weighted by Gasteiger charge is -2.62. The Morgan fingerprint density at radius 3 is 2.57 bits per heavy atom. The molecule has 0 unspecified atom stereocenters. The summed E-state index contributed by atoms with van der Waals surface area (Å²) in [5.74, 6) is -0.180. The monoisotopic (exact) mass is 683 g/mol.